The number of nitrogens with zero attached hydrogens (tertiary/aromatic N) is 1. The summed E-state index contributed by atoms with van der Waals surface area (Å²) in [5, 5.41) is 4.37. The van der Waals surface area contributed by atoms with Crippen LogP contribution in [-0.4, -0.2) is 35.4 Å². The van der Waals surface area contributed by atoms with Gasteiger partial charge in [-0.2, -0.15) is 0 Å². The molecule has 1 fully saturated rings. The minimum atomic E-state index is 0.0710. The van der Waals surface area contributed by atoms with E-state index in [1.165, 1.54) is 10.9 Å². The van der Waals surface area contributed by atoms with E-state index in [9.17, 15) is 4.79 Å². The van der Waals surface area contributed by atoms with Gasteiger partial charge in [0.1, 0.15) is 5.76 Å². The number of benzene rings is 1. The summed E-state index contributed by atoms with van der Waals surface area (Å²) >= 11 is 0. The number of fused-ring (bicyclic) bond motifs is 1. The molecule has 0 radical (unpaired) electrons. The fourth-order valence-electron chi connectivity index (χ4n) is 3.84. The maximum atomic E-state index is 12.6. The van der Waals surface area contributed by atoms with E-state index >= 15 is 0 Å². The van der Waals surface area contributed by atoms with Gasteiger partial charge in [-0.3, -0.25) is 9.69 Å². The monoisotopic (exact) mass is 351 g/mol. The van der Waals surface area contributed by atoms with Crippen molar-refractivity contribution < 1.29 is 9.21 Å². The van der Waals surface area contributed by atoms with Gasteiger partial charge in [0.2, 0.25) is 5.91 Å². The van der Waals surface area contributed by atoms with Crippen molar-refractivity contribution in [3.63, 3.8) is 0 Å². The third kappa shape index (κ3) is 3.83. The van der Waals surface area contributed by atoms with Gasteiger partial charge in [-0.25, -0.2) is 0 Å². The Morgan fingerprint density at radius 2 is 2.19 bits per heavy atom. The van der Waals surface area contributed by atoms with E-state index in [1.54, 1.807) is 6.26 Å². The topological polar surface area (TPSA) is 61.3 Å². The minimum absolute atomic E-state index is 0.0710. The zero-order valence-electron chi connectivity index (χ0n) is 14.9. The van der Waals surface area contributed by atoms with Crippen LogP contribution >= 0.6 is 0 Å². The van der Waals surface area contributed by atoms with Crippen molar-refractivity contribution in [2.45, 2.75) is 25.8 Å². The third-order valence-corrected chi connectivity index (χ3v) is 5.20. The van der Waals surface area contributed by atoms with Gasteiger partial charge in [0.25, 0.3) is 0 Å². The molecule has 1 saturated heterocycles. The lowest BCUT2D eigenvalue weighted by Gasteiger charge is -2.31. The molecule has 1 aliphatic heterocycles. The van der Waals surface area contributed by atoms with Gasteiger partial charge in [-0.05, 0) is 49.6 Å². The lowest BCUT2D eigenvalue weighted by Crippen LogP contribution is -2.43. The molecule has 3 aromatic rings. The smallest absolute Gasteiger partial charge is 0.224 e. The number of furan rings is 1. The number of aromatic amines is 1. The molecule has 0 spiro atoms. The maximum absolute atomic E-state index is 12.6. The van der Waals surface area contributed by atoms with Crippen LogP contribution in [0.2, 0.25) is 0 Å². The lowest BCUT2D eigenvalue weighted by atomic mass is 9.97. The Labute approximate surface area is 153 Å². The maximum Gasteiger partial charge on any atom is 0.224 e. The number of piperidine rings is 1. The van der Waals surface area contributed by atoms with Crippen LogP contribution in [0.4, 0.5) is 0 Å². The number of aromatic nitrogens is 1. The molecule has 2 aromatic heterocycles. The molecule has 0 saturated carbocycles. The first-order valence-electron chi connectivity index (χ1n) is 9.37. The van der Waals surface area contributed by atoms with Crippen molar-refractivity contribution in [2.24, 2.45) is 5.92 Å². The molecule has 1 amide bonds. The van der Waals surface area contributed by atoms with Gasteiger partial charge in [0.15, 0.2) is 0 Å². The average Bonchev–Trinajstić information content (AvgIpc) is 3.32. The highest BCUT2D eigenvalue weighted by Gasteiger charge is 2.25. The van der Waals surface area contributed by atoms with Gasteiger partial charge in [-0.1, -0.05) is 18.2 Å². The second-order valence-electron chi connectivity index (χ2n) is 7.05. The molecule has 1 aliphatic rings. The van der Waals surface area contributed by atoms with Crippen LogP contribution in [0.3, 0.4) is 0 Å². The van der Waals surface area contributed by atoms with Crippen LogP contribution in [0.1, 0.15) is 24.2 Å². The summed E-state index contributed by atoms with van der Waals surface area (Å²) in [6, 6.07) is 12.2. The van der Waals surface area contributed by atoms with Crippen LogP contribution in [0, 0.1) is 5.92 Å². The summed E-state index contributed by atoms with van der Waals surface area (Å²) in [7, 11) is 0. The number of hydrogen-bond acceptors (Lipinski definition) is 3. The zero-order valence-corrected chi connectivity index (χ0v) is 14.9. The predicted octanol–water partition coefficient (Wildman–Crippen LogP) is 3.33. The summed E-state index contributed by atoms with van der Waals surface area (Å²) in [6.07, 6.45) is 6.62. The Bertz CT molecular complexity index is 853. The van der Waals surface area contributed by atoms with Crippen molar-refractivity contribution in [1.29, 1.82) is 0 Å². The predicted molar refractivity (Wildman–Crippen MR) is 102 cm³/mol. The number of carbonyl (C=O) groups is 1. The van der Waals surface area contributed by atoms with Crippen molar-refractivity contribution >= 4 is 16.8 Å². The van der Waals surface area contributed by atoms with Gasteiger partial charge in [0.05, 0.1) is 18.7 Å². The highest BCUT2D eigenvalue weighted by Crippen LogP contribution is 2.20. The normalized spacial score (nSPS) is 18.2. The van der Waals surface area contributed by atoms with Crippen LogP contribution in [-0.2, 0) is 17.8 Å². The van der Waals surface area contributed by atoms with E-state index in [0.717, 1.165) is 50.2 Å². The number of hydrogen-bond donors (Lipinski definition) is 2. The van der Waals surface area contributed by atoms with Crippen LogP contribution in [0.5, 0.6) is 0 Å². The van der Waals surface area contributed by atoms with Crippen LogP contribution < -0.4 is 5.32 Å². The second-order valence-corrected chi connectivity index (χ2v) is 7.05. The molecular weight excluding hydrogens is 326 g/mol. The molecule has 1 atom stereocenters. The fraction of sp³-hybridized carbons (Fsp3) is 0.381. The SMILES string of the molecule is O=C(NCCc1c[nH]c2ccccc12)[C@@H]1CCCN(Cc2ccco2)C1. The molecular formula is C21H25N3O2. The Kier molecular flexibility index (Phi) is 5.07. The Morgan fingerprint density at radius 1 is 1.27 bits per heavy atom. The molecule has 4 rings (SSSR count). The first kappa shape index (κ1) is 16.9. The number of para-hydroxylation sites is 1. The van der Waals surface area contributed by atoms with E-state index in [-0.39, 0.29) is 11.8 Å². The number of carbonyl (C=O) groups excluding carboxylic acids is 1. The zero-order chi connectivity index (χ0) is 17.8. The Balaban J connectivity index is 1.27. The molecule has 1 aromatic carbocycles. The van der Waals surface area contributed by atoms with E-state index in [4.69, 9.17) is 4.42 Å². The molecule has 0 aliphatic carbocycles. The summed E-state index contributed by atoms with van der Waals surface area (Å²) < 4.78 is 5.43. The number of H-pyrrole nitrogens is 1. The summed E-state index contributed by atoms with van der Waals surface area (Å²) in [5.74, 6) is 1.21. The van der Waals surface area contributed by atoms with Gasteiger partial charge in [0, 0.05) is 30.2 Å². The highest BCUT2D eigenvalue weighted by atomic mass is 16.3. The molecule has 0 unspecified atom stereocenters. The van der Waals surface area contributed by atoms with E-state index in [1.807, 2.05) is 30.5 Å². The van der Waals surface area contributed by atoms with Crippen molar-refractivity contribution in [1.82, 2.24) is 15.2 Å². The first-order valence-corrected chi connectivity index (χ1v) is 9.37. The van der Waals surface area contributed by atoms with E-state index in [0.29, 0.717) is 6.54 Å². The van der Waals surface area contributed by atoms with Crippen LogP contribution in [0.15, 0.2) is 53.3 Å². The highest BCUT2D eigenvalue weighted by molar-refractivity contribution is 5.83. The van der Waals surface area contributed by atoms with Crippen molar-refractivity contribution in [2.75, 3.05) is 19.6 Å². The summed E-state index contributed by atoms with van der Waals surface area (Å²) in [6.45, 7) is 3.29. The third-order valence-electron chi connectivity index (χ3n) is 5.20. The first-order chi connectivity index (χ1) is 12.8. The number of likely N-dealkylation sites (tertiary alicyclic amines) is 1. The minimum Gasteiger partial charge on any atom is -0.468 e. The van der Waals surface area contributed by atoms with Gasteiger partial charge < -0.3 is 14.7 Å². The molecule has 26 heavy (non-hydrogen) atoms. The van der Waals surface area contributed by atoms with Gasteiger partial charge >= 0.3 is 0 Å². The number of amides is 1. The average molecular weight is 351 g/mol. The molecule has 136 valence electrons. The van der Waals surface area contributed by atoms with E-state index in [2.05, 4.69) is 27.3 Å². The number of rotatable bonds is 6. The summed E-state index contributed by atoms with van der Waals surface area (Å²) in [5.41, 5.74) is 2.40. The molecule has 5 heteroatoms. The lowest BCUT2D eigenvalue weighted by molar-refractivity contribution is -0.126. The van der Waals surface area contributed by atoms with Crippen molar-refractivity contribution in [3.8, 4) is 0 Å². The largest absolute Gasteiger partial charge is 0.468 e. The Hall–Kier alpha value is -2.53. The Morgan fingerprint density at radius 3 is 3.08 bits per heavy atom. The molecule has 3 heterocycles. The van der Waals surface area contributed by atoms with Crippen molar-refractivity contribution in [3.05, 3.63) is 60.2 Å². The standard InChI is InChI=1S/C21H25N3O2/c25-21(17-5-3-11-24(14-17)15-18-6-4-12-26-18)22-10-9-16-13-23-20-8-2-1-7-19(16)20/h1-2,4,6-8,12-13,17,23H,3,5,9-11,14-15H2,(H,22,25)/t17-/m1/s1. The second kappa shape index (κ2) is 7.79. The molecule has 2 N–H and O–H groups in total. The van der Waals surface area contributed by atoms with Crippen LogP contribution in [0.25, 0.3) is 10.9 Å². The fourth-order valence-corrected chi connectivity index (χ4v) is 3.84. The van der Waals surface area contributed by atoms with Gasteiger partial charge in [-0.15, -0.1) is 0 Å². The van der Waals surface area contributed by atoms with E-state index < -0.39 is 0 Å². The summed E-state index contributed by atoms with van der Waals surface area (Å²) in [4.78, 5) is 18.2. The molecule has 5 nitrogen and oxygen atoms in total. The quantitative estimate of drug-likeness (QED) is 0.716. The number of nitrogens with one attached hydrogen (secondary N) is 2. The molecule has 0 bridgehead atoms.